The van der Waals surface area contributed by atoms with Crippen molar-refractivity contribution in [3.63, 3.8) is 0 Å². The Morgan fingerprint density at radius 1 is 1.19 bits per heavy atom. The van der Waals surface area contributed by atoms with E-state index in [-0.39, 0.29) is 5.91 Å². The molecular formula is C20H21N3OS2. The van der Waals surface area contributed by atoms with E-state index in [4.69, 9.17) is 12.2 Å². The Labute approximate surface area is 163 Å². The van der Waals surface area contributed by atoms with Gasteiger partial charge in [0.05, 0.1) is 11.4 Å². The average molecular weight is 384 g/mol. The van der Waals surface area contributed by atoms with Crippen LogP contribution in [0, 0.1) is 0 Å². The highest BCUT2D eigenvalue weighted by Gasteiger charge is 2.31. The molecule has 1 amide bonds. The molecule has 1 aliphatic rings. The highest BCUT2D eigenvalue weighted by Crippen LogP contribution is 2.33. The fourth-order valence-electron chi connectivity index (χ4n) is 2.83. The zero-order valence-electron chi connectivity index (χ0n) is 14.9. The van der Waals surface area contributed by atoms with Crippen LogP contribution >= 0.6 is 24.0 Å². The summed E-state index contributed by atoms with van der Waals surface area (Å²) in [6.07, 6.45) is 5.39. The molecule has 1 aliphatic heterocycles. The number of carbonyl (C=O) groups excluding carboxylic acids is 1. The zero-order chi connectivity index (χ0) is 18.5. The first-order valence-corrected chi connectivity index (χ1v) is 9.84. The molecule has 0 bridgehead atoms. The van der Waals surface area contributed by atoms with E-state index in [1.54, 1.807) is 17.3 Å². The van der Waals surface area contributed by atoms with Crippen LogP contribution in [-0.4, -0.2) is 33.2 Å². The van der Waals surface area contributed by atoms with E-state index in [9.17, 15) is 4.79 Å². The van der Waals surface area contributed by atoms with Crippen molar-refractivity contribution in [1.82, 2.24) is 9.88 Å². The van der Waals surface area contributed by atoms with Crippen molar-refractivity contribution in [2.24, 2.45) is 0 Å². The summed E-state index contributed by atoms with van der Waals surface area (Å²) in [5, 5.41) is 0. The van der Waals surface area contributed by atoms with Crippen LogP contribution in [0.2, 0.25) is 0 Å². The quantitative estimate of drug-likeness (QED) is 0.548. The molecule has 3 rings (SSSR count). The van der Waals surface area contributed by atoms with E-state index in [2.05, 4.69) is 35.9 Å². The Morgan fingerprint density at radius 3 is 2.54 bits per heavy atom. The molecule has 1 aromatic heterocycles. The molecule has 134 valence electrons. The molecule has 1 aromatic carbocycles. The first-order chi connectivity index (χ1) is 12.6. The molecule has 0 atom stereocenters. The smallest absolute Gasteiger partial charge is 0.266 e. The number of thioether (sulfide) groups is 1. The number of benzene rings is 1. The summed E-state index contributed by atoms with van der Waals surface area (Å²) in [5.74, 6) is -0.0447. The van der Waals surface area contributed by atoms with Crippen LogP contribution in [-0.2, 0) is 11.3 Å². The van der Waals surface area contributed by atoms with Crippen molar-refractivity contribution < 1.29 is 4.79 Å². The zero-order valence-corrected chi connectivity index (χ0v) is 16.5. The van der Waals surface area contributed by atoms with Crippen molar-refractivity contribution in [3.05, 3.63) is 64.8 Å². The van der Waals surface area contributed by atoms with E-state index in [0.717, 1.165) is 24.2 Å². The van der Waals surface area contributed by atoms with Crippen LogP contribution in [0.3, 0.4) is 0 Å². The van der Waals surface area contributed by atoms with Crippen LogP contribution in [0.25, 0.3) is 6.08 Å². The summed E-state index contributed by atoms with van der Waals surface area (Å²) in [7, 11) is 0. The van der Waals surface area contributed by atoms with Crippen LogP contribution < -0.4 is 4.90 Å². The molecule has 2 aromatic rings. The summed E-state index contributed by atoms with van der Waals surface area (Å²) in [6.45, 7) is 6.69. The number of thiocarbonyl (C=S) groups is 1. The van der Waals surface area contributed by atoms with Gasteiger partial charge in [0, 0.05) is 31.2 Å². The molecule has 2 heterocycles. The normalized spacial score (nSPS) is 15.8. The van der Waals surface area contributed by atoms with Gasteiger partial charge in [-0.25, -0.2) is 0 Å². The SMILES string of the molecule is CCN(CC)c1ccc(/C=C2\SC(=S)N(Cc3cccnc3)C2=O)cc1. The highest BCUT2D eigenvalue weighted by molar-refractivity contribution is 8.26. The van der Waals surface area contributed by atoms with Gasteiger partial charge in [0.2, 0.25) is 0 Å². The monoisotopic (exact) mass is 383 g/mol. The molecule has 0 aliphatic carbocycles. The molecular weight excluding hydrogens is 362 g/mol. The first kappa shape index (κ1) is 18.6. The molecule has 0 unspecified atom stereocenters. The van der Waals surface area contributed by atoms with Crippen LogP contribution in [0.1, 0.15) is 25.0 Å². The van der Waals surface area contributed by atoms with Gasteiger partial charge < -0.3 is 4.90 Å². The van der Waals surface area contributed by atoms with Gasteiger partial charge in [-0.3, -0.25) is 14.7 Å². The second-order valence-corrected chi connectivity index (χ2v) is 7.57. The summed E-state index contributed by atoms with van der Waals surface area (Å²) < 4.78 is 0.588. The van der Waals surface area contributed by atoms with Gasteiger partial charge in [0.1, 0.15) is 4.32 Å². The molecule has 6 heteroatoms. The predicted octanol–water partition coefficient (Wildman–Crippen LogP) is 4.33. The maximum absolute atomic E-state index is 12.7. The molecule has 1 fully saturated rings. The van der Waals surface area contributed by atoms with Crippen molar-refractivity contribution in [2.45, 2.75) is 20.4 Å². The summed E-state index contributed by atoms with van der Waals surface area (Å²) in [4.78, 5) is 21.4. The summed E-state index contributed by atoms with van der Waals surface area (Å²) in [6, 6.07) is 12.1. The first-order valence-electron chi connectivity index (χ1n) is 8.61. The minimum Gasteiger partial charge on any atom is -0.372 e. The van der Waals surface area contributed by atoms with Gasteiger partial charge in [-0.15, -0.1) is 0 Å². The van der Waals surface area contributed by atoms with Gasteiger partial charge in [-0.1, -0.05) is 42.2 Å². The Kier molecular flexibility index (Phi) is 6.06. The maximum atomic E-state index is 12.7. The Balaban J connectivity index is 1.75. The fraction of sp³-hybridized carbons (Fsp3) is 0.250. The maximum Gasteiger partial charge on any atom is 0.266 e. The van der Waals surface area contributed by atoms with Crippen molar-refractivity contribution >= 4 is 46.0 Å². The third-order valence-corrected chi connectivity index (χ3v) is 5.63. The standard InChI is InChI=1S/C20H21N3OS2/c1-3-22(4-2)17-9-7-15(8-10-17)12-18-19(24)23(20(25)26-18)14-16-6-5-11-21-13-16/h5-13H,3-4,14H2,1-2H3/b18-12-. The Morgan fingerprint density at radius 2 is 1.92 bits per heavy atom. The lowest BCUT2D eigenvalue weighted by molar-refractivity contribution is -0.122. The van der Waals surface area contributed by atoms with Crippen LogP contribution in [0.4, 0.5) is 5.69 Å². The van der Waals surface area contributed by atoms with Gasteiger partial charge in [-0.2, -0.15) is 0 Å². The van der Waals surface area contributed by atoms with Gasteiger partial charge in [-0.05, 0) is 49.2 Å². The summed E-state index contributed by atoms with van der Waals surface area (Å²) in [5.41, 5.74) is 3.16. The lowest BCUT2D eigenvalue weighted by atomic mass is 10.1. The minimum atomic E-state index is -0.0447. The highest BCUT2D eigenvalue weighted by atomic mass is 32.2. The van der Waals surface area contributed by atoms with E-state index in [1.807, 2.05) is 30.3 Å². The van der Waals surface area contributed by atoms with E-state index < -0.39 is 0 Å². The second-order valence-electron chi connectivity index (χ2n) is 5.89. The molecule has 4 nitrogen and oxygen atoms in total. The number of hydrogen-bond acceptors (Lipinski definition) is 5. The molecule has 26 heavy (non-hydrogen) atoms. The number of rotatable bonds is 6. The van der Waals surface area contributed by atoms with Gasteiger partial charge in [0.25, 0.3) is 5.91 Å². The summed E-state index contributed by atoms with van der Waals surface area (Å²) >= 11 is 6.75. The van der Waals surface area contributed by atoms with E-state index >= 15 is 0 Å². The minimum absolute atomic E-state index is 0.0447. The van der Waals surface area contributed by atoms with Crippen molar-refractivity contribution in [3.8, 4) is 0 Å². The number of anilines is 1. The van der Waals surface area contributed by atoms with Crippen molar-refractivity contribution in [1.29, 1.82) is 0 Å². The third kappa shape index (κ3) is 4.14. The molecule has 0 spiro atoms. The average Bonchev–Trinajstić information content (AvgIpc) is 2.92. The fourth-order valence-corrected chi connectivity index (χ4v) is 4.09. The molecule has 0 radical (unpaired) electrons. The van der Waals surface area contributed by atoms with Crippen LogP contribution in [0.15, 0.2) is 53.7 Å². The number of carbonyl (C=O) groups is 1. The Bertz CT molecular complexity index is 815. The van der Waals surface area contributed by atoms with Crippen LogP contribution in [0.5, 0.6) is 0 Å². The topological polar surface area (TPSA) is 36.4 Å². The second kappa shape index (κ2) is 8.47. The van der Waals surface area contributed by atoms with E-state index in [0.29, 0.717) is 15.8 Å². The lowest BCUT2D eigenvalue weighted by Crippen LogP contribution is -2.27. The number of hydrogen-bond donors (Lipinski definition) is 0. The third-order valence-electron chi connectivity index (χ3n) is 4.26. The number of pyridine rings is 1. The largest absolute Gasteiger partial charge is 0.372 e. The lowest BCUT2D eigenvalue weighted by Gasteiger charge is -2.20. The molecule has 0 N–H and O–H groups in total. The van der Waals surface area contributed by atoms with Gasteiger partial charge >= 0.3 is 0 Å². The Hall–Kier alpha value is -2.18. The number of amides is 1. The van der Waals surface area contributed by atoms with E-state index in [1.165, 1.54) is 17.4 Å². The predicted molar refractivity (Wildman–Crippen MR) is 113 cm³/mol. The molecule has 1 saturated heterocycles. The molecule has 0 saturated carbocycles. The van der Waals surface area contributed by atoms with Gasteiger partial charge in [0.15, 0.2) is 0 Å². The number of nitrogens with zero attached hydrogens (tertiary/aromatic N) is 3. The number of aromatic nitrogens is 1. The van der Waals surface area contributed by atoms with Crippen molar-refractivity contribution in [2.75, 3.05) is 18.0 Å².